The van der Waals surface area contributed by atoms with Gasteiger partial charge in [0.15, 0.2) is 0 Å². The van der Waals surface area contributed by atoms with Crippen molar-refractivity contribution >= 4 is 16.7 Å². The molecule has 2 rings (SSSR count). The highest BCUT2D eigenvalue weighted by Crippen LogP contribution is 2.35. The second-order valence-corrected chi connectivity index (χ2v) is 4.89. The Morgan fingerprint density at radius 3 is 2.60 bits per heavy atom. The summed E-state index contributed by atoms with van der Waals surface area (Å²) in [5, 5.41) is 21.3. The first kappa shape index (κ1) is 14.3. The number of methoxy groups -OCH3 is 1. The van der Waals surface area contributed by atoms with Gasteiger partial charge in [-0.25, -0.2) is 0 Å². The lowest BCUT2D eigenvalue weighted by molar-refractivity contribution is -0.142. The first-order chi connectivity index (χ1) is 9.54. The Kier molecular flexibility index (Phi) is 4.25. The van der Waals surface area contributed by atoms with Crippen molar-refractivity contribution in [3.05, 3.63) is 42.0 Å². The molecule has 0 heterocycles. The summed E-state index contributed by atoms with van der Waals surface area (Å²) in [7, 11) is 1.54. The molecule has 2 N–H and O–H groups in total. The summed E-state index contributed by atoms with van der Waals surface area (Å²) in [5.41, 5.74) is 0.652. The molecule has 0 aromatic heterocycles. The summed E-state index contributed by atoms with van der Waals surface area (Å²) in [6, 6.07) is 11.4. The lowest BCUT2D eigenvalue weighted by Gasteiger charge is -2.19. The Bertz CT molecular complexity index is 621. The summed E-state index contributed by atoms with van der Waals surface area (Å²) in [4.78, 5) is 10.9. The van der Waals surface area contributed by atoms with E-state index in [-0.39, 0.29) is 6.42 Å². The van der Waals surface area contributed by atoms with E-state index in [1.54, 1.807) is 20.1 Å². The smallest absolute Gasteiger partial charge is 0.306 e. The first-order valence-electron chi connectivity index (χ1n) is 6.51. The van der Waals surface area contributed by atoms with E-state index in [0.717, 1.165) is 10.8 Å². The van der Waals surface area contributed by atoms with Gasteiger partial charge in [-0.3, -0.25) is 4.79 Å². The average molecular weight is 274 g/mol. The number of hydrogen-bond acceptors (Lipinski definition) is 3. The monoisotopic (exact) mass is 274 g/mol. The number of carboxylic acids is 1. The van der Waals surface area contributed by atoms with Crippen molar-refractivity contribution in [3.63, 3.8) is 0 Å². The third-order valence-corrected chi connectivity index (χ3v) is 3.48. The Morgan fingerprint density at radius 1 is 1.25 bits per heavy atom. The van der Waals surface area contributed by atoms with Crippen molar-refractivity contribution in [1.29, 1.82) is 0 Å². The number of rotatable bonds is 5. The highest BCUT2D eigenvalue weighted by molar-refractivity contribution is 5.88. The highest BCUT2D eigenvalue weighted by Gasteiger charge is 2.22. The predicted molar refractivity (Wildman–Crippen MR) is 76.9 cm³/mol. The van der Waals surface area contributed by atoms with Gasteiger partial charge in [0, 0.05) is 5.56 Å². The van der Waals surface area contributed by atoms with Crippen LogP contribution in [0.5, 0.6) is 5.75 Å². The van der Waals surface area contributed by atoms with Crippen LogP contribution in [0, 0.1) is 5.92 Å². The normalized spacial score (nSPS) is 13.9. The van der Waals surface area contributed by atoms with Crippen molar-refractivity contribution < 1.29 is 19.7 Å². The molecule has 2 aromatic rings. The van der Waals surface area contributed by atoms with Gasteiger partial charge in [0.2, 0.25) is 0 Å². The topological polar surface area (TPSA) is 66.8 Å². The van der Waals surface area contributed by atoms with Crippen LogP contribution in [0.2, 0.25) is 0 Å². The second kappa shape index (κ2) is 5.92. The molecule has 4 heteroatoms. The van der Waals surface area contributed by atoms with Gasteiger partial charge < -0.3 is 14.9 Å². The molecule has 0 aliphatic heterocycles. The van der Waals surface area contributed by atoms with Crippen LogP contribution in [0.4, 0.5) is 0 Å². The quantitative estimate of drug-likeness (QED) is 0.879. The van der Waals surface area contributed by atoms with E-state index in [1.165, 1.54) is 0 Å². The lowest BCUT2D eigenvalue weighted by atomic mass is 9.93. The Labute approximate surface area is 117 Å². The number of hydrogen-bond donors (Lipinski definition) is 2. The number of aliphatic hydroxyl groups is 1. The molecule has 0 bridgehead atoms. The van der Waals surface area contributed by atoms with E-state index in [4.69, 9.17) is 9.84 Å². The van der Waals surface area contributed by atoms with Gasteiger partial charge in [0.25, 0.3) is 0 Å². The van der Waals surface area contributed by atoms with Gasteiger partial charge >= 0.3 is 5.97 Å². The Hall–Kier alpha value is -2.07. The van der Waals surface area contributed by atoms with Gasteiger partial charge in [-0.05, 0) is 23.3 Å². The van der Waals surface area contributed by atoms with E-state index in [1.807, 2.05) is 30.3 Å². The van der Waals surface area contributed by atoms with Crippen LogP contribution in [0.25, 0.3) is 10.8 Å². The molecule has 2 unspecified atom stereocenters. The highest BCUT2D eigenvalue weighted by atomic mass is 16.5. The second-order valence-electron chi connectivity index (χ2n) is 4.89. The van der Waals surface area contributed by atoms with E-state index in [0.29, 0.717) is 11.3 Å². The van der Waals surface area contributed by atoms with Crippen molar-refractivity contribution in [2.45, 2.75) is 19.4 Å². The molecule has 0 amide bonds. The third kappa shape index (κ3) is 2.75. The number of aliphatic hydroxyl groups excluding tert-OH is 1. The number of ether oxygens (including phenoxy) is 1. The third-order valence-electron chi connectivity index (χ3n) is 3.48. The van der Waals surface area contributed by atoms with Crippen molar-refractivity contribution in [1.82, 2.24) is 0 Å². The fourth-order valence-electron chi connectivity index (χ4n) is 2.35. The summed E-state index contributed by atoms with van der Waals surface area (Å²) in [5.74, 6) is -0.953. The summed E-state index contributed by atoms with van der Waals surface area (Å²) in [6.45, 7) is 1.59. The maximum Gasteiger partial charge on any atom is 0.306 e. The number of carboxylic acid groups (broad SMARTS) is 1. The van der Waals surface area contributed by atoms with Crippen LogP contribution < -0.4 is 4.74 Å². The molecular weight excluding hydrogens is 256 g/mol. The molecular formula is C16H18O4. The van der Waals surface area contributed by atoms with Crippen LogP contribution in [0.15, 0.2) is 36.4 Å². The molecule has 2 atom stereocenters. The van der Waals surface area contributed by atoms with Gasteiger partial charge in [-0.15, -0.1) is 0 Å². The molecule has 0 radical (unpaired) electrons. The molecule has 2 aromatic carbocycles. The standard InChI is InChI=1S/C16H18O4/c1-10(16(18)19)9-13(17)15-12-6-4-3-5-11(12)7-8-14(15)20-2/h3-8,10,13,17H,9H2,1-2H3,(H,18,19). The van der Waals surface area contributed by atoms with Crippen LogP contribution in [-0.4, -0.2) is 23.3 Å². The van der Waals surface area contributed by atoms with Crippen LogP contribution in [-0.2, 0) is 4.79 Å². The zero-order valence-electron chi connectivity index (χ0n) is 11.5. The molecule has 0 aliphatic rings. The SMILES string of the molecule is COc1ccc2ccccc2c1C(O)CC(C)C(=O)O. The van der Waals surface area contributed by atoms with E-state index in [9.17, 15) is 9.90 Å². The molecule has 106 valence electrons. The fraction of sp³-hybridized carbons (Fsp3) is 0.312. The lowest BCUT2D eigenvalue weighted by Crippen LogP contribution is -2.14. The first-order valence-corrected chi connectivity index (χ1v) is 6.51. The zero-order valence-corrected chi connectivity index (χ0v) is 11.5. The average Bonchev–Trinajstić information content (AvgIpc) is 2.45. The van der Waals surface area contributed by atoms with E-state index >= 15 is 0 Å². The number of benzene rings is 2. The number of fused-ring (bicyclic) bond motifs is 1. The summed E-state index contributed by atoms with van der Waals surface area (Å²) >= 11 is 0. The van der Waals surface area contributed by atoms with Crippen LogP contribution >= 0.6 is 0 Å². The van der Waals surface area contributed by atoms with Gasteiger partial charge in [0.05, 0.1) is 19.1 Å². The predicted octanol–water partition coefficient (Wildman–Crippen LogP) is 2.99. The van der Waals surface area contributed by atoms with Crippen molar-refractivity contribution in [2.24, 2.45) is 5.92 Å². The molecule has 20 heavy (non-hydrogen) atoms. The fourth-order valence-corrected chi connectivity index (χ4v) is 2.35. The largest absolute Gasteiger partial charge is 0.496 e. The minimum atomic E-state index is -0.914. The number of carbonyl (C=O) groups is 1. The Balaban J connectivity index is 2.47. The maximum atomic E-state index is 10.9. The molecule has 0 saturated heterocycles. The minimum Gasteiger partial charge on any atom is -0.496 e. The van der Waals surface area contributed by atoms with Crippen molar-refractivity contribution in [2.75, 3.05) is 7.11 Å². The van der Waals surface area contributed by atoms with E-state index in [2.05, 4.69) is 0 Å². The zero-order chi connectivity index (χ0) is 14.7. The van der Waals surface area contributed by atoms with Crippen LogP contribution in [0.3, 0.4) is 0 Å². The molecule has 0 fully saturated rings. The van der Waals surface area contributed by atoms with Gasteiger partial charge in [-0.2, -0.15) is 0 Å². The molecule has 0 spiro atoms. The van der Waals surface area contributed by atoms with Crippen molar-refractivity contribution in [3.8, 4) is 5.75 Å². The van der Waals surface area contributed by atoms with Crippen LogP contribution in [0.1, 0.15) is 25.0 Å². The maximum absolute atomic E-state index is 10.9. The van der Waals surface area contributed by atoms with Gasteiger partial charge in [0.1, 0.15) is 5.75 Å². The summed E-state index contributed by atoms with van der Waals surface area (Å²) in [6.07, 6.45) is -0.721. The minimum absolute atomic E-state index is 0.152. The van der Waals surface area contributed by atoms with Gasteiger partial charge in [-0.1, -0.05) is 37.3 Å². The molecule has 0 saturated carbocycles. The van der Waals surface area contributed by atoms with E-state index < -0.39 is 18.0 Å². The molecule has 4 nitrogen and oxygen atoms in total. The summed E-state index contributed by atoms with van der Waals surface area (Å²) < 4.78 is 5.31. The Morgan fingerprint density at radius 2 is 1.95 bits per heavy atom. The molecule has 0 aliphatic carbocycles. The number of aliphatic carboxylic acids is 1.